The third-order valence-corrected chi connectivity index (χ3v) is 6.39. The van der Waals surface area contributed by atoms with Crippen molar-refractivity contribution in [3.05, 3.63) is 59.7 Å². The van der Waals surface area contributed by atoms with Gasteiger partial charge in [0.1, 0.15) is 0 Å². The van der Waals surface area contributed by atoms with Crippen LogP contribution in [0.25, 0.3) is 0 Å². The van der Waals surface area contributed by atoms with Crippen molar-refractivity contribution in [1.82, 2.24) is 4.31 Å². The summed E-state index contributed by atoms with van der Waals surface area (Å²) in [6, 6.07) is 12.2. The van der Waals surface area contributed by atoms with Gasteiger partial charge in [0.25, 0.3) is 0 Å². The van der Waals surface area contributed by atoms with Crippen LogP contribution in [0.3, 0.4) is 0 Å². The zero-order chi connectivity index (χ0) is 19.4. The number of ketones is 1. The fourth-order valence-electron chi connectivity index (χ4n) is 2.99. The van der Waals surface area contributed by atoms with E-state index in [1.54, 1.807) is 18.2 Å². The molecule has 142 valence electrons. The molecule has 8 heteroatoms. The highest BCUT2D eigenvalue weighted by Crippen LogP contribution is 2.21. The van der Waals surface area contributed by atoms with Crippen molar-refractivity contribution in [2.24, 2.45) is 0 Å². The molecule has 2 aromatic rings. The molecule has 0 aromatic heterocycles. The maximum absolute atomic E-state index is 12.5. The van der Waals surface area contributed by atoms with E-state index in [4.69, 9.17) is 5.11 Å². The first-order chi connectivity index (χ1) is 12.9. The summed E-state index contributed by atoms with van der Waals surface area (Å²) >= 11 is 0. The fourth-order valence-corrected chi connectivity index (χ4v) is 4.51. The number of para-hydroxylation sites is 1. The first-order valence-electron chi connectivity index (χ1n) is 8.59. The monoisotopic (exact) mass is 388 g/mol. The Morgan fingerprint density at radius 2 is 1.63 bits per heavy atom. The number of carbonyl (C=O) groups is 2. The van der Waals surface area contributed by atoms with Gasteiger partial charge in [-0.1, -0.05) is 12.1 Å². The van der Waals surface area contributed by atoms with Crippen LogP contribution in [0, 0.1) is 0 Å². The quantitative estimate of drug-likeness (QED) is 0.706. The topological polar surface area (TPSA) is 104 Å². The second-order valence-electron chi connectivity index (χ2n) is 6.26. The van der Waals surface area contributed by atoms with Crippen LogP contribution in [0.1, 0.15) is 33.6 Å². The van der Waals surface area contributed by atoms with Crippen molar-refractivity contribution in [1.29, 1.82) is 0 Å². The molecular weight excluding hydrogens is 368 g/mol. The molecule has 2 aromatic carbocycles. The standard InChI is InChI=1S/C19H20N2O5S/c22-18(13-20-17-6-2-1-5-16(17)19(23)24)14-7-9-15(10-8-14)27(25,26)21-11-3-4-12-21/h1-2,5-10,20H,3-4,11-13H2,(H,23,24). The number of nitrogens with one attached hydrogen (secondary N) is 1. The van der Waals surface area contributed by atoms with Crippen molar-refractivity contribution in [3.8, 4) is 0 Å². The summed E-state index contributed by atoms with van der Waals surface area (Å²) in [6.07, 6.45) is 1.72. The highest BCUT2D eigenvalue weighted by atomic mass is 32.2. The molecule has 0 atom stereocenters. The number of Topliss-reactive ketones (excluding diaryl/α,β-unsaturated/α-hetero) is 1. The number of hydrogen-bond donors (Lipinski definition) is 2. The fraction of sp³-hybridized carbons (Fsp3) is 0.263. The summed E-state index contributed by atoms with van der Waals surface area (Å²) < 4.78 is 26.5. The smallest absolute Gasteiger partial charge is 0.337 e. The van der Waals surface area contributed by atoms with E-state index in [1.807, 2.05) is 0 Å². The number of carbonyl (C=O) groups excluding carboxylic acids is 1. The van der Waals surface area contributed by atoms with Gasteiger partial charge in [-0.2, -0.15) is 4.31 Å². The Hall–Kier alpha value is -2.71. The third kappa shape index (κ3) is 4.17. The summed E-state index contributed by atoms with van der Waals surface area (Å²) in [7, 11) is -3.51. The molecule has 7 nitrogen and oxygen atoms in total. The van der Waals surface area contributed by atoms with Crippen molar-refractivity contribution in [2.45, 2.75) is 17.7 Å². The molecule has 27 heavy (non-hydrogen) atoms. The van der Waals surface area contributed by atoms with Crippen LogP contribution in [0.15, 0.2) is 53.4 Å². The molecule has 0 spiro atoms. The number of aromatic carboxylic acids is 1. The predicted octanol–water partition coefficient (Wildman–Crippen LogP) is 2.46. The summed E-state index contributed by atoms with van der Waals surface area (Å²) in [5, 5.41) is 12.0. The van der Waals surface area contributed by atoms with Gasteiger partial charge in [0.2, 0.25) is 10.0 Å². The van der Waals surface area contributed by atoms with E-state index in [2.05, 4.69) is 5.32 Å². The van der Waals surface area contributed by atoms with Crippen molar-refractivity contribution in [3.63, 3.8) is 0 Å². The van der Waals surface area contributed by atoms with E-state index in [0.717, 1.165) is 12.8 Å². The zero-order valence-electron chi connectivity index (χ0n) is 14.6. The number of carboxylic acids is 1. The highest BCUT2D eigenvalue weighted by Gasteiger charge is 2.27. The molecule has 1 fully saturated rings. The number of anilines is 1. The summed E-state index contributed by atoms with van der Waals surface area (Å²) in [5.74, 6) is -1.35. The summed E-state index contributed by atoms with van der Waals surface area (Å²) in [6.45, 7) is 0.953. The number of carboxylic acid groups (broad SMARTS) is 1. The van der Waals surface area contributed by atoms with E-state index < -0.39 is 16.0 Å². The Labute approximate surface area is 157 Å². The number of hydrogen-bond acceptors (Lipinski definition) is 5. The Bertz CT molecular complexity index is 948. The van der Waals surface area contributed by atoms with Crippen LogP contribution in [-0.4, -0.2) is 49.2 Å². The molecular formula is C19H20N2O5S. The maximum Gasteiger partial charge on any atom is 0.337 e. The van der Waals surface area contributed by atoms with Gasteiger partial charge >= 0.3 is 5.97 Å². The second-order valence-corrected chi connectivity index (χ2v) is 8.20. The lowest BCUT2D eigenvalue weighted by atomic mass is 10.1. The molecule has 0 saturated carbocycles. The SMILES string of the molecule is O=C(CNc1ccccc1C(=O)O)c1ccc(S(=O)(=O)N2CCCC2)cc1. The largest absolute Gasteiger partial charge is 0.478 e. The van der Waals surface area contributed by atoms with Gasteiger partial charge in [0, 0.05) is 24.3 Å². The Morgan fingerprint density at radius 3 is 2.26 bits per heavy atom. The van der Waals surface area contributed by atoms with E-state index in [1.165, 1.54) is 34.6 Å². The van der Waals surface area contributed by atoms with E-state index in [-0.39, 0.29) is 22.8 Å². The number of rotatable bonds is 7. The molecule has 1 heterocycles. The van der Waals surface area contributed by atoms with Crippen molar-refractivity contribution < 1.29 is 23.1 Å². The first-order valence-corrected chi connectivity index (χ1v) is 10.0. The minimum absolute atomic E-state index is 0.0809. The summed E-state index contributed by atoms with van der Waals surface area (Å²) in [5.41, 5.74) is 0.791. The van der Waals surface area contributed by atoms with Crippen LogP contribution in [-0.2, 0) is 10.0 Å². The highest BCUT2D eigenvalue weighted by molar-refractivity contribution is 7.89. The Balaban J connectivity index is 1.69. The second kappa shape index (κ2) is 7.89. The Kier molecular flexibility index (Phi) is 5.57. The van der Waals surface area contributed by atoms with Crippen molar-refractivity contribution in [2.75, 3.05) is 25.0 Å². The normalized spacial score (nSPS) is 14.8. The lowest BCUT2D eigenvalue weighted by molar-refractivity contribution is 0.0697. The molecule has 3 rings (SSSR count). The van der Waals surface area contributed by atoms with Gasteiger partial charge in [-0.05, 0) is 49.2 Å². The molecule has 1 aliphatic heterocycles. The van der Waals surface area contributed by atoms with Gasteiger partial charge in [0.05, 0.1) is 17.0 Å². The van der Waals surface area contributed by atoms with Gasteiger partial charge in [-0.25, -0.2) is 13.2 Å². The molecule has 0 amide bonds. The van der Waals surface area contributed by atoms with Crippen LogP contribution in [0.2, 0.25) is 0 Å². The first kappa shape index (κ1) is 19.1. The number of nitrogens with zero attached hydrogens (tertiary/aromatic N) is 1. The van der Waals surface area contributed by atoms with E-state index in [0.29, 0.717) is 24.3 Å². The van der Waals surface area contributed by atoms with Crippen LogP contribution < -0.4 is 5.32 Å². The third-order valence-electron chi connectivity index (χ3n) is 4.48. The average Bonchev–Trinajstić information content (AvgIpc) is 3.22. The minimum Gasteiger partial charge on any atom is -0.478 e. The maximum atomic E-state index is 12.5. The average molecular weight is 388 g/mol. The van der Waals surface area contributed by atoms with Gasteiger partial charge in [-0.15, -0.1) is 0 Å². The van der Waals surface area contributed by atoms with Crippen LogP contribution >= 0.6 is 0 Å². The molecule has 0 aliphatic carbocycles. The molecule has 1 aliphatic rings. The molecule has 1 saturated heterocycles. The summed E-state index contributed by atoms with van der Waals surface area (Å²) in [4.78, 5) is 23.7. The van der Waals surface area contributed by atoms with Gasteiger partial charge in [0.15, 0.2) is 5.78 Å². The van der Waals surface area contributed by atoms with Gasteiger partial charge in [-0.3, -0.25) is 4.79 Å². The lowest BCUT2D eigenvalue weighted by Crippen LogP contribution is -2.27. The molecule has 0 unspecified atom stereocenters. The minimum atomic E-state index is -3.51. The molecule has 2 N–H and O–H groups in total. The number of sulfonamides is 1. The molecule has 0 radical (unpaired) electrons. The number of benzene rings is 2. The zero-order valence-corrected chi connectivity index (χ0v) is 15.4. The van der Waals surface area contributed by atoms with Gasteiger partial charge < -0.3 is 10.4 Å². The predicted molar refractivity (Wildman–Crippen MR) is 101 cm³/mol. The van der Waals surface area contributed by atoms with E-state index in [9.17, 15) is 18.0 Å². The van der Waals surface area contributed by atoms with E-state index >= 15 is 0 Å². The Morgan fingerprint density at radius 1 is 1.00 bits per heavy atom. The van der Waals surface area contributed by atoms with Crippen LogP contribution in [0.4, 0.5) is 5.69 Å². The van der Waals surface area contributed by atoms with Crippen molar-refractivity contribution >= 4 is 27.5 Å². The molecule has 0 bridgehead atoms. The van der Waals surface area contributed by atoms with Crippen LogP contribution in [0.5, 0.6) is 0 Å². The lowest BCUT2D eigenvalue weighted by Gasteiger charge is -2.15.